The van der Waals surface area contributed by atoms with Gasteiger partial charge in [-0.1, -0.05) is 35.6 Å². The average Bonchev–Trinajstić information content (AvgIpc) is 3.90. The standard InChI is InChI=1S/C39H36ClN9O3S/c1-22-32(53-39-34(22)35(26-7-9-28(40)10-8-26)43-23(2)36-46-45-24(3)49(36)39)14-6-25-19-42-47(20-25)17-5-4-16-41-29-11-12-30-27(18-29)21-48(38(30)52)31-13-15-33(50)44-37(31)51/h7-12,18-20,23,31,41H,4-5,13,15-17,21H2,1-3H3,(H,44,50,51)/t23-,31?/m0/s1. The molecule has 0 aliphatic carbocycles. The van der Waals surface area contributed by atoms with Crippen LogP contribution in [0.1, 0.15) is 93.4 Å². The van der Waals surface area contributed by atoms with Gasteiger partial charge in [-0.15, -0.1) is 21.5 Å². The molecule has 1 fully saturated rings. The van der Waals surface area contributed by atoms with Gasteiger partial charge in [0, 0.05) is 59.7 Å². The van der Waals surface area contributed by atoms with Crippen molar-refractivity contribution in [2.24, 2.45) is 4.99 Å². The van der Waals surface area contributed by atoms with Gasteiger partial charge in [0.15, 0.2) is 5.82 Å². The number of amides is 3. The first-order chi connectivity index (χ1) is 25.6. The number of nitrogens with zero attached hydrogens (tertiary/aromatic N) is 7. The van der Waals surface area contributed by atoms with Crippen LogP contribution in [-0.2, 0) is 22.7 Å². The lowest BCUT2D eigenvalue weighted by Gasteiger charge is -2.29. The molecule has 1 unspecified atom stereocenters. The molecule has 2 aromatic carbocycles. The number of aromatic nitrogens is 5. The molecule has 1 saturated heterocycles. The average molecular weight is 746 g/mol. The highest BCUT2D eigenvalue weighted by atomic mass is 35.5. The zero-order valence-electron chi connectivity index (χ0n) is 29.4. The van der Waals surface area contributed by atoms with E-state index in [-0.39, 0.29) is 24.3 Å². The maximum absolute atomic E-state index is 13.0. The van der Waals surface area contributed by atoms with Gasteiger partial charge in [0.1, 0.15) is 22.9 Å². The number of carbonyl (C=O) groups is 3. The molecule has 12 nitrogen and oxygen atoms in total. The molecule has 8 rings (SSSR count). The fourth-order valence-electron chi connectivity index (χ4n) is 7.09. The van der Waals surface area contributed by atoms with E-state index in [1.807, 2.05) is 67.2 Å². The van der Waals surface area contributed by atoms with Gasteiger partial charge in [0.05, 0.1) is 22.3 Å². The number of thiophene rings is 1. The van der Waals surface area contributed by atoms with Gasteiger partial charge in [-0.25, -0.2) is 0 Å². The molecule has 5 aromatic rings. The minimum atomic E-state index is -0.617. The molecule has 3 aromatic heterocycles. The third kappa shape index (κ3) is 6.64. The molecule has 3 amide bonds. The van der Waals surface area contributed by atoms with E-state index in [4.69, 9.17) is 16.6 Å². The molecular formula is C39H36ClN9O3S. The van der Waals surface area contributed by atoms with Crippen LogP contribution in [-0.4, -0.2) is 65.5 Å². The Hall–Kier alpha value is -5.58. The van der Waals surface area contributed by atoms with Crippen LogP contribution in [0, 0.1) is 25.7 Å². The second-order valence-corrected chi connectivity index (χ2v) is 14.9. The van der Waals surface area contributed by atoms with Crippen molar-refractivity contribution in [1.29, 1.82) is 0 Å². The molecule has 53 heavy (non-hydrogen) atoms. The molecule has 0 radical (unpaired) electrons. The highest BCUT2D eigenvalue weighted by Gasteiger charge is 2.39. The number of hydrogen-bond donors (Lipinski definition) is 2. The van der Waals surface area contributed by atoms with Crippen LogP contribution < -0.4 is 10.6 Å². The lowest BCUT2D eigenvalue weighted by atomic mass is 9.99. The number of benzene rings is 2. The van der Waals surface area contributed by atoms with Gasteiger partial charge in [-0.05, 0) is 81.5 Å². The molecule has 0 bridgehead atoms. The van der Waals surface area contributed by atoms with Crippen molar-refractivity contribution in [3.8, 4) is 16.8 Å². The Bertz CT molecular complexity index is 2380. The van der Waals surface area contributed by atoms with E-state index in [9.17, 15) is 14.4 Å². The SMILES string of the molecule is Cc1c(C#Cc2cnn(CCCCNc3ccc4c(c3)CN(C3CCC(=O)NC3=O)C4=O)c2)sc2c1C(c1ccc(Cl)cc1)=N[C@@H](C)c1nnc(C)n1-2. The Morgan fingerprint density at radius 2 is 1.89 bits per heavy atom. The molecule has 6 heterocycles. The number of fused-ring (bicyclic) bond motifs is 4. The quantitative estimate of drug-likeness (QED) is 0.117. The van der Waals surface area contributed by atoms with Crippen molar-refractivity contribution in [2.45, 2.75) is 71.6 Å². The Kier molecular flexibility index (Phi) is 9.18. The Labute approximate surface area is 315 Å². The van der Waals surface area contributed by atoms with Gasteiger partial charge in [0.2, 0.25) is 11.8 Å². The van der Waals surface area contributed by atoms with Crippen LogP contribution in [0.25, 0.3) is 5.00 Å². The minimum Gasteiger partial charge on any atom is -0.385 e. The molecule has 2 N–H and O–H groups in total. The van der Waals surface area contributed by atoms with Gasteiger partial charge in [-0.2, -0.15) is 5.10 Å². The number of nitrogens with one attached hydrogen (secondary N) is 2. The van der Waals surface area contributed by atoms with Gasteiger partial charge in [0.25, 0.3) is 5.91 Å². The van der Waals surface area contributed by atoms with Gasteiger partial charge < -0.3 is 10.2 Å². The second-order valence-electron chi connectivity index (χ2n) is 13.5. The summed E-state index contributed by atoms with van der Waals surface area (Å²) in [7, 11) is 0. The lowest BCUT2D eigenvalue weighted by Crippen LogP contribution is -2.52. The molecular weight excluding hydrogens is 710 g/mol. The number of carbonyl (C=O) groups excluding carboxylic acids is 3. The topological polar surface area (TPSA) is 139 Å². The van der Waals surface area contributed by atoms with Crippen molar-refractivity contribution in [3.05, 3.63) is 110 Å². The van der Waals surface area contributed by atoms with Crippen LogP contribution in [0.2, 0.25) is 5.02 Å². The van der Waals surface area contributed by atoms with Gasteiger partial charge >= 0.3 is 0 Å². The fourth-order valence-corrected chi connectivity index (χ4v) is 8.44. The number of anilines is 1. The van der Waals surface area contributed by atoms with E-state index >= 15 is 0 Å². The van der Waals surface area contributed by atoms with Crippen molar-refractivity contribution in [3.63, 3.8) is 0 Å². The monoisotopic (exact) mass is 745 g/mol. The predicted molar refractivity (Wildman–Crippen MR) is 203 cm³/mol. The van der Waals surface area contributed by atoms with Crippen LogP contribution in [0.5, 0.6) is 0 Å². The maximum atomic E-state index is 13.0. The minimum absolute atomic E-state index is 0.169. The van der Waals surface area contributed by atoms with E-state index < -0.39 is 11.9 Å². The number of halogens is 1. The van der Waals surface area contributed by atoms with E-state index in [0.29, 0.717) is 23.6 Å². The number of piperidine rings is 1. The highest BCUT2D eigenvalue weighted by molar-refractivity contribution is 7.15. The summed E-state index contributed by atoms with van der Waals surface area (Å²) < 4.78 is 4.02. The number of imide groups is 1. The van der Waals surface area contributed by atoms with Gasteiger partial charge in [-0.3, -0.25) is 33.9 Å². The Morgan fingerprint density at radius 1 is 1.06 bits per heavy atom. The van der Waals surface area contributed by atoms with Crippen molar-refractivity contribution >= 4 is 52.1 Å². The summed E-state index contributed by atoms with van der Waals surface area (Å²) in [4.78, 5) is 44.5. The lowest BCUT2D eigenvalue weighted by molar-refractivity contribution is -0.136. The molecule has 3 aliphatic rings. The zero-order valence-corrected chi connectivity index (χ0v) is 31.0. The van der Waals surface area contributed by atoms with Crippen molar-refractivity contribution in [1.82, 2.24) is 34.8 Å². The van der Waals surface area contributed by atoms with Crippen molar-refractivity contribution < 1.29 is 14.4 Å². The number of rotatable bonds is 8. The first kappa shape index (κ1) is 34.5. The number of aliphatic imine (C=N–C) groups is 1. The van der Waals surface area contributed by atoms with Crippen molar-refractivity contribution in [2.75, 3.05) is 11.9 Å². The normalized spacial score (nSPS) is 17.7. The third-order valence-corrected chi connectivity index (χ3v) is 11.3. The van der Waals surface area contributed by atoms with Crippen LogP contribution in [0.4, 0.5) is 5.69 Å². The van der Waals surface area contributed by atoms with E-state index in [0.717, 1.165) is 86.7 Å². The number of aryl methyl sites for hydroxylation is 2. The molecule has 2 atom stereocenters. The summed E-state index contributed by atoms with van der Waals surface area (Å²) >= 11 is 7.84. The van der Waals surface area contributed by atoms with E-state index in [2.05, 4.69) is 49.3 Å². The highest BCUT2D eigenvalue weighted by Crippen LogP contribution is 2.39. The molecule has 3 aliphatic heterocycles. The number of unbranched alkanes of at least 4 members (excludes halogenated alkanes) is 1. The van der Waals surface area contributed by atoms with E-state index in [1.165, 1.54) is 0 Å². The summed E-state index contributed by atoms with van der Waals surface area (Å²) in [6, 6.07) is 12.7. The predicted octanol–water partition coefficient (Wildman–Crippen LogP) is 5.76. The summed E-state index contributed by atoms with van der Waals surface area (Å²) in [6.07, 6.45) is 6.19. The van der Waals surface area contributed by atoms with Crippen LogP contribution in [0.15, 0.2) is 59.9 Å². The van der Waals surface area contributed by atoms with E-state index in [1.54, 1.807) is 22.4 Å². The molecule has 0 spiro atoms. The molecule has 268 valence electrons. The summed E-state index contributed by atoms with van der Waals surface area (Å²) in [5.41, 5.74) is 7.21. The fraction of sp³-hybridized carbons (Fsp3) is 0.308. The smallest absolute Gasteiger partial charge is 0.255 e. The summed E-state index contributed by atoms with van der Waals surface area (Å²) in [6.45, 7) is 7.96. The first-order valence-electron chi connectivity index (χ1n) is 17.6. The third-order valence-electron chi connectivity index (χ3n) is 9.85. The maximum Gasteiger partial charge on any atom is 0.255 e. The van der Waals surface area contributed by atoms with Crippen LogP contribution in [0.3, 0.4) is 0 Å². The largest absolute Gasteiger partial charge is 0.385 e. The zero-order chi connectivity index (χ0) is 36.8. The summed E-state index contributed by atoms with van der Waals surface area (Å²) in [5.74, 6) is 7.48. The Morgan fingerprint density at radius 3 is 2.70 bits per heavy atom. The second kappa shape index (κ2) is 14.1. The molecule has 14 heteroatoms. The van der Waals surface area contributed by atoms with Crippen LogP contribution >= 0.6 is 22.9 Å². The summed E-state index contributed by atoms with van der Waals surface area (Å²) in [5, 5.41) is 20.9. The molecule has 0 saturated carbocycles. The first-order valence-corrected chi connectivity index (χ1v) is 18.8. The Balaban J connectivity index is 0.896. The number of hydrogen-bond acceptors (Lipinski definition) is 9.